The molecule has 1 aromatic heterocycles. The van der Waals surface area contributed by atoms with Gasteiger partial charge in [0.05, 0.1) is 6.10 Å². The number of aromatic nitrogens is 1. The Morgan fingerprint density at radius 1 is 1.10 bits per heavy atom. The molecule has 2 aliphatic rings. The molecule has 2 aromatic rings. The van der Waals surface area contributed by atoms with E-state index < -0.39 is 0 Å². The summed E-state index contributed by atoms with van der Waals surface area (Å²) in [5, 5.41) is 11.1. The van der Waals surface area contributed by atoms with Crippen molar-refractivity contribution in [2.45, 2.75) is 77.5 Å². The van der Waals surface area contributed by atoms with Crippen molar-refractivity contribution < 1.29 is 9.84 Å². The molecule has 4 heteroatoms. The minimum absolute atomic E-state index is 0.127. The highest BCUT2D eigenvalue weighted by Gasteiger charge is 2.20. The third-order valence-corrected chi connectivity index (χ3v) is 6.88. The zero-order chi connectivity index (χ0) is 20.8. The van der Waals surface area contributed by atoms with Crippen LogP contribution in [0.2, 0.25) is 0 Å². The van der Waals surface area contributed by atoms with Gasteiger partial charge in [-0.2, -0.15) is 0 Å². The molecule has 0 bridgehead atoms. The molecule has 1 saturated carbocycles. The first-order valence-corrected chi connectivity index (χ1v) is 11.8. The molecular formula is C26H36N2O2. The molecule has 2 heterocycles. The van der Waals surface area contributed by atoms with Crippen molar-refractivity contribution in [1.82, 2.24) is 9.47 Å². The van der Waals surface area contributed by atoms with Crippen molar-refractivity contribution in [3.05, 3.63) is 30.0 Å². The van der Waals surface area contributed by atoms with E-state index in [1.54, 1.807) is 0 Å². The number of likely N-dealkylation sites (tertiary alicyclic amines) is 1. The van der Waals surface area contributed by atoms with Gasteiger partial charge in [0.2, 0.25) is 0 Å². The number of piperidine rings is 1. The van der Waals surface area contributed by atoms with Crippen LogP contribution in [0.3, 0.4) is 0 Å². The highest BCUT2D eigenvalue weighted by Crippen LogP contribution is 2.31. The maximum Gasteiger partial charge on any atom is 0.149 e. The van der Waals surface area contributed by atoms with Gasteiger partial charge in [0, 0.05) is 43.3 Å². The summed E-state index contributed by atoms with van der Waals surface area (Å²) in [6.07, 6.45) is 12.3. The summed E-state index contributed by atoms with van der Waals surface area (Å²) >= 11 is 0. The number of nitrogens with zero attached hydrogens (tertiary/aromatic N) is 2. The van der Waals surface area contributed by atoms with Gasteiger partial charge in [-0.1, -0.05) is 38.0 Å². The van der Waals surface area contributed by atoms with Crippen molar-refractivity contribution in [2.24, 2.45) is 5.92 Å². The number of aryl methyl sites for hydroxylation is 1. The van der Waals surface area contributed by atoms with Crippen LogP contribution in [0.15, 0.2) is 24.4 Å². The Hall–Kier alpha value is -1.96. The fourth-order valence-corrected chi connectivity index (χ4v) is 5.06. The fraction of sp³-hybridized carbons (Fsp3) is 0.615. The second kappa shape index (κ2) is 10.4. The number of aliphatic hydroxyl groups excluding tert-OH is 1. The van der Waals surface area contributed by atoms with Crippen molar-refractivity contribution in [3.8, 4) is 17.6 Å². The molecule has 2 fully saturated rings. The minimum Gasteiger partial charge on any atom is -0.481 e. The summed E-state index contributed by atoms with van der Waals surface area (Å²) in [6, 6.07) is 6.49. The predicted octanol–water partition coefficient (Wildman–Crippen LogP) is 4.97. The Bertz CT molecular complexity index is 878. The molecule has 0 spiro atoms. The summed E-state index contributed by atoms with van der Waals surface area (Å²) in [5.74, 6) is 7.65. The minimum atomic E-state index is -0.127. The Morgan fingerprint density at radius 2 is 1.90 bits per heavy atom. The van der Waals surface area contributed by atoms with Crippen LogP contribution in [0.25, 0.3) is 10.9 Å². The van der Waals surface area contributed by atoms with E-state index in [0.717, 1.165) is 50.7 Å². The second-order valence-corrected chi connectivity index (χ2v) is 9.04. The van der Waals surface area contributed by atoms with Gasteiger partial charge in [-0.3, -0.25) is 4.90 Å². The number of ether oxygens (including phenoxy) is 1. The lowest BCUT2D eigenvalue weighted by atomic mass is 9.87. The van der Waals surface area contributed by atoms with Crippen LogP contribution in [0.4, 0.5) is 0 Å². The van der Waals surface area contributed by atoms with E-state index in [1.807, 2.05) is 6.92 Å². The molecule has 1 aromatic carbocycles. The van der Waals surface area contributed by atoms with E-state index in [9.17, 15) is 5.11 Å². The Labute approximate surface area is 181 Å². The molecule has 30 heavy (non-hydrogen) atoms. The number of hydrogen-bond acceptors (Lipinski definition) is 3. The van der Waals surface area contributed by atoms with Crippen molar-refractivity contribution in [1.29, 1.82) is 0 Å². The first kappa shape index (κ1) is 21.3. The summed E-state index contributed by atoms with van der Waals surface area (Å²) in [6.45, 7) is 6.26. The van der Waals surface area contributed by atoms with Gasteiger partial charge >= 0.3 is 0 Å². The van der Waals surface area contributed by atoms with Gasteiger partial charge in [0.25, 0.3) is 0 Å². The average Bonchev–Trinajstić information content (AvgIpc) is 3.11. The normalized spacial score (nSPS) is 19.0. The van der Waals surface area contributed by atoms with Gasteiger partial charge in [-0.05, 0) is 55.9 Å². The number of aliphatic hydroxyl groups is 1. The second-order valence-electron chi connectivity index (χ2n) is 9.04. The molecule has 1 aliphatic heterocycles. The Morgan fingerprint density at radius 3 is 2.67 bits per heavy atom. The Kier molecular flexibility index (Phi) is 7.36. The number of fused-ring (bicyclic) bond motifs is 1. The van der Waals surface area contributed by atoms with E-state index >= 15 is 0 Å². The number of rotatable bonds is 7. The summed E-state index contributed by atoms with van der Waals surface area (Å²) < 4.78 is 8.31. The number of benzene rings is 1. The van der Waals surface area contributed by atoms with E-state index in [-0.39, 0.29) is 6.10 Å². The molecule has 1 aliphatic carbocycles. The Balaban J connectivity index is 1.54. The molecule has 162 valence electrons. The van der Waals surface area contributed by atoms with Crippen LogP contribution >= 0.6 is 0 Å². The highest BCUT2D eigenvalue weighted by atomic mass is 16.5. The van der Waals surface area contributed by atoms with Crippen LogP contribution in [0, 0.1) is 17.8 Å². The fourth-order valence-electron chi connectivity index (χ4n) is 5.06. The van der Waals surface area contributed by atoms with Crippen molar-refractivity contribution in [3.63, 3.8) is 0 Å². The summed E-state index contributed by atoms with van der Waals surface area (Å²) in [4.78, 5) is 2.48. The van der Waals surface area contributed by atoms with Crippen LogP contribution in [-0.2, 0) is 13.1 Å². The molecule has 0 amide bonds. The SMILES string of the molecule is CC#CCOc1ccc2c(c1)c(CN1CCC(O)CC1)cn2CCC1CCCCC1. The van der Waals surface area contributed by atoms with Gasteiger partial charge in [-0.25, -0.2) is 0 Å². The van der Waals surface area contributed by atoms with Gasteiger partial charge in [0.1, 0.15) is 12.4 Å². The zero-order valence-electron chi connectivity index (χ0n) is 18.4. The van der Waals surface area contributed by atoms with Crippen molar-refractivity contribution in [2.75, 3.05) is 19.7 Å². The first-order valence-electron chi connectivity index (χ1n) is 11.8. The van der Waals surface area contributed by atoms with E-state index in [0.29, 0.717) is 6.61 Å². The monoisotopic (exact) mass is 408 g/mol. The van der Waals surface area contributed by atoms with E-state index in [4.69, 9.17) is 4.74 Å². The van der Waals surface area contributed by atoms with Crippen molar-refractivity contribution >= 4 is 10.9 Å². The molecule has 1 N–H and O–H groups in total. The smallest absolute Gasteiger partial charge is 0.149 e. The van der Waals surface area contributed by atoms with Crippen LogP contribution in [-0.4, -0.2) is 40.4 Å². The lowest BCUT2D eigenvalue weighted by Crippen LogP contribution is -2.35. The molecule has 4 nitrogen and oxygen atoms in total. The molecule has 1 saturated heterocycles. The predicted molar refractivity (Wildman–Crippen MR) is 123 cm³/mol. The average molecular weight is 409 g/mol. The quantitative estimate of drug-likeness (QED) is 0.657. The molecule has 0 radical (unpaired) electrons. The van der Waals surface area contributed by atoms with E-state index in [2.05, 4.69) is 45.7 Å². The van der Waals surface area contributed by atoms with Crippen LogP contribution in [0.5, 0.6) is 5.75 Å². The summed E-state index contributed by atoms with van der Waals surface area (Å²) in [5.41, 5.74) is 2.68. The molecular weight excluding hydrogens is 372 g/mol. The standard InChI is InChI=1S/C26H36N2O2/c1-2-3-17-30-24-9-10-26-25(18-24)22(19-27-14-12-23(29)13-15-27)20-28(26)16-11-21-7-5-4-6-8-21/h9-10,18,20-21,23,29H,4-8,11-17,19H2,1H3. The largest absolute Gasteiger partial charge is 0.481 e. The molecule has 0 unspecified atom stereocenters. The molecule has 4 rings (SSSR count). The maximum atomic E-state index is 9.84. The van der Waals surface area contributed by atoms with Gasteiger partial charge in [-0.15, -0.1) is 5.92 Å². The topological polar surface area (TPSA) is 37.6 Å². The third-order valence-electron chi connectivity index (χ3n) is 6.88. The number of hydrogen-bond donors (Lipinski definition) is 1. The van der Waals surface area contributed by atoms with Gasteiger partial charge in [0.15, 0.2) is 0 Å². The molecule has 0 atom stereocenters. The third kappa shape index (κ3) is 5.39. The van der Waals surface area contributed by atoms with Crippen LogP contribution < -0.4 is 4.74 Å². The van der Waals surface area contributed by atoms with Gasteiger partial charge < -0.3 is 14.4 Å². The first-order chi connectivity index (χ1) is 14.7. The highest BCUT2D eigenvalue weighted by molar-refractivity contribution is 5.85. The lowest BCUT2D eigenvalue weighted by Gasteiger charge is -2.29. The zero-order valence-corrected chi connectivity index (χ0v) is 18.4. The maximum absolute atomic E-state index is 9.84. The summed E-state index contributed by atoms with van der Waals surface area (Å²) in [7, 11) is 0. The van der Waals surface area contributed by atoms with E-state index in [1.165, 1.54) is 55.0 Å². The lowest BCUT2D eigenvalue weighted by molar-refractivity contribution is 0.0794. The van der Waals surface area contributed by atoms with Crippen LogP contribution in [0.1, 0.15) is 63.9 Å².